The molecular weight excluding hydrogens is 406 g/mol. The highest BCUT2D eigenvalue weighted by Gasteiger charge is 2.20. The van der Waals surface area contributed by atoms with Crippen LogP contribution in [0.25, 0.3) is 22.5 Å². The van der Waals surface area contributed by atoms with E-state index >= 15 is 0 Å². The van der Waals surface area contributed by atoms with Gasteiger partial charge in [0, 0.05) is 0 Å². The second-order valence-electron chi connectivity index (χ2n) is 7.34. The number of pyridine rings is 1. The number of fused-ring (bicyclic) bond motifs is 1. The molecular formula is C25H19N3O4. The van der Waals surface area contributed by atoms with E-state index in [1.165, 1.54) is 12.3 Å². The number of carbonyl (C=O) groups is 1. The minimum atomic E-state index is -1.03. The second-order valence-corrected chi connectivity index (χ2v) is 7.34. The first-order valence-electron chi connectivity index (χ1n) is 10.1. The van der Waals surface area contributed by atoms with Crippen molar-refractivity contribution in [2.45, 2.75) is 13.5 Å². The average Bonchev–Trinajstić information content (AvgIpc) is 3.44. The van der Waals surface area contributed by atoms with Crippen LogP contribution in [0, 0.1) is 6.92 Å². The van der Waals surface area contributed by atoms with Gasteiger partial charge >= 0.3 is 5.97 Å². The summed E-state index contributed by atoms with van der Waals surface area (Å²) in [5, 5.41) is 14.9. The van der Waals surface area contributed by atoms with Crippen molar-refractivity contribution in [3.8, 4) is 23.0 Å². The quantitative estimate of drug-likeness (QED) is 0.384. The van der Waals surface area contributed by atoms with Gasteiger partial charge in [0.1, 0.15) is 17.2 Å². The molecule has 5 rings (SSSR count). The van der Waals surface area contributed by atoms with E-state index in [0.29, 0.717) is 34.7 Å². The van der Waals surface area contributed by atoms with E-state index in [9.17, 15) is 9.90 Å². The van der Waals surface area contributed by atoms with Crippen LogP contribution in [0.2, 0.25) is 0 Å². The molecule has 0 aliphatic heterocycles. The molecule has 0 spiro atoms. The number of aromatic carboxylic acids is 1. The number of aromatic nitrogens is 3. The van der Waals surface area contributed by atoms with Crippen molar-refractivity contribution in [1.82, 2.24) is 14.8 Å². The maximum absolute atomic E-state index is 11.9. The molecule has 32 heavy (non-hydrogen) atoms. The van der Waals surface area contributed by atoms with E-state index in [-0.39, 0.29) is 5.56 Å². The average molecular weight is 425 g/mol. The molecule has 0 saturated heterocycles. The molecule has 0 aliphatic carbocycles. The third-order valence-corrected chi connectivity index (χ3v) is 5.12. The molecule has 0 aliphatic rings. The first-order valence-corrected chi connectivity index (χ1v) is 10.1. The predicted octanol–water partition coefficient (Wildman–Crippen LogP) is 5.54. The number of carboxylic acid groups (broad SMARTS) is 1. The molecule has 0 radical (unpaired) electrons. The smallest absolute Gasteiger partial charge is 0.336 e. The third-order valence-electron chi connectivity index (χ3n) is 5.12. The summed E-state index contributed by atoms with van der Waals surface area (Å²) in [5.74, 6) is 0.968. The van der Waals surface area contributed by atoms with Crippen LogP contribution in [0.15, 0.2) is 83.5 Å². The van der Waals surface area contributed by atoms with E-state index in [1.807, 2.05) is 54.6 Å². The van der Waals surface area contributed by atoms with E-state index in [4.69, 9.17) is 9.15 Å². The summed E-state index contributed by atoms with van der Waals surface area (Å²) in [6.45, 7) is 2.22. The molecule has 0 fully saturated rings. The Morgan fingerprint density at radius 3 is 2.47 bits per heavy atom. The summed E-state index contributed by atoms with van der Waals surface area (Å²) in [7, 11) is 0. The third kappa shape index (κ3) is 3.72. The summed E-state index contributed by atoms with van der Waals surface area (Å²) in [6, 6.07) is 22.3. The molecule has 7 nitrogen and oxygen atoms in total. The number of rotatable bonds is 6. The number of carboxylic acids is 1. The Morgan fingerprint density at radius 2 is 1.78 bits per heavy atom. The maximum Gasteiger partial charge on any atom is 0.336 e. The highest BCUT2D eigenvalue weighted by molar-refractivity contribution is 6.04. The fourth-order valence-corrected chi connectivity index (χ4v) is 3.64. The largest absolute Gasteiger partial charge is 0.478 e. The zero-order valence-electron chi connectivity index (χ0n) is 17.2. The van der Waals surface area contributed by atoms with Gasteiger partial charge in [-0.15, -0.1) is 0 Å². The lowest BCUT2D eigenvalue weighted by Crippen LogP contribution is -2.05. The zero-order valence-corrected chi connectivity index (χ0v) is 17.2. The van der Waals surface area contributed by atoms with Gasteiger partial charge in [-0.2, -0.15) is 5.10 Å². The van der Waals surface area contributed by atoms with Crippen LogP contribution < -0.4 is 4.74 Å². The topological polar surface area (TPSA) is 90.4 Å². The Hall–Kier alpha value is -4.39. The van der Waals surface area contributed by atoms with Gasteiger partial charge in [0.15, 0.2) is 11.4 Å². The fraction of sp³-hybridized carbons (Fsp3) is 0.0800. The van der Waals surface area contributed by atoms with Gasteiger partial charge in [-0.05, 0) is 55.0 Å². The lowest BCUT2D eigenvalue weighted by Gasteiger charge is -2.08. The summed E-state index contributed by atoms with van der Waals surface area (Å²) in [6.07, 6.45) is 1.53. The Labute approximate surface area is 183 Å². The minimum absolute atomic E-state index is 0.150. The van der Waals surface area contributed by atoms with Crippen LogP contribution in [0.1, 0.15) is 21.6 Å². The number of furan rings is 1. The lowest BCUT2D eigenvalue weighted by atomic mass is 10.1. The Morgan fingerprint density at radius 1 is 1.03 bits per heavy atom. The Bertz CT molecular complexity index is 1390. The number of ether oxygens (including phenoxy) is 1. The van der Waals surface area contributed by atoms with E-state index < -0.39 is 5.97 Å². The van der Waals surface area contributed by atoms with E-state index in [0.717, 1.165) is 17.1 Å². The van der Waals surface area contributed by atoms with Gasteiger partial charge in [-0.1, -0.05) is 30.3 Å². The number of benzene rings is 2. The summed E-state index contributed by atoms with van der Waals surface area (Å²) < 4.78 is 13.0. The van der Waals surface area contributed by atoms with Gasteiger partial charge in [0.2, 0.25) is 0 Å². The van der Waals surface area contributed by atoms with Crippen molar-refractivity contribution < 1.29 is 19.1 Å². The van der Waals surface area contributed by atoms with E-state index in [2.05, 4.69) is 10.1 Å². The highest BCUT2D eigenvalue weighted by Crippen LogP contribution is 2.28. The zero-order chi connectivity index (χ0) is 22.1. The van der Waals surface area contributed by atoms with Crippen molar-refractivity contribution in [3.63, 3.8) is 0 Å². The highest BCUT2D eigenvalue weighted by atomic mass is 16.5. The van der Waals surface area contributed by atoms with Gasteiger partial charge in [0.25, 0.3) is 0 Å². The van der Waals surface area contributed by atoms with Gasteiger partial charge in [0.05, 0.1) is 29.5 Å². The molecule has 2 aromatic carbocycles. The van der Waals surface area contributed by atoms with E-state index in [1.54, 1.807) is 23.7 Å². The van der Waals surface area contributed by atoms with Gasteiger partial charge in [-0.25, -0.2) is 14.5 Å². The maximum atomic E-state index is 11.9. The first kappa shape index (κ1) is 19.6. The number of hydrogen-bond acceptors (Lipinski definition) is 5. The monoisotopic (exact) mass is 425 g/mol. The molecule has 0 unspecified atom stereocenters. The predicted molar refractivity (Wildman–Crippen MR) is 119 cm³/mol. The molecule has 3 aromatic heterocycles. The Balaban J connectivity index is 1.49. The SMILES string of the molecule is Cc1nn(Cc2ccc(Oc3ccccc3)cc2)c2nc(-c3ccco3)cc(C(=O)O)c12. The standard InChI is InChI=1S/C25H19N3O4/c1-16-23-20(25(29)30)14-21(22-8-5-13-31-22)26-24(23)28(27-16)15-17-9-11-19(12-10-17)32-18-6-3-2-4-7-18/h2-14H,15H2,1H3,(H,29,30). The van der Waals surface area contributed by atoms with Crippen LogP contribution in [0.3, 0.4) is 0 Å². The number of nitrogens with zero attached hydrogens (tertiary/aromatic N) is 3. The normalized spacial score (nSPS) is 11.0. The molecule has 1 N–H and O–H groups in total. The first-order chi connectivity index (χ1) is 15.6. The van der Waals surface area contributed by atoms with Crippen molar-refractivity contribution >= 4 is 17.0 Å². The van der Waals surface area contributed by atoms with Crippen LogP contribution in [0.4, 0.5) is 0 Å². The van der Waals surface area contributed by atoms with Crippen molar-refractivity contribution in [2.75, 3.05) is 0 Å². The van der Waals surface area contributed by atoms with Crippen LogP contribution in [0.5, 0.6) is 11.5 Å². The molecule has 7 heteroatoms. The number of para-hydroxylation sites is 1. The van der Waals surface area contributed by atoms with Crippen molar-refractivity contribution in [2.24, 2.45) is 0 Å². The van der Waals surface area contributed by atoms with Crippen molar-refractivity contribution in [3.05, 3.63) is 95.9 Å². The minimum Gasteiger partial charge on any atom is -0.478 e. The molecule has 158 valence electrons. The number of hydrogen-bond donors (Lipinski definition) is 1. The lowest BCUT2D eigenvalue weighted by molar-refractivity contribution is 0.0699. The van der Waals surface area contributed by atoms with Crippen LogP contribution >= 0.6 is 0 Å². The molecule has 0 saturated carbocycles. The number of aryl methyl sites for hydroxylation is 1. The van der Waals surface area contributed by atoms with Crippen LogP contribution in [-0.4, -0.2) is 25.8 Å². The molecule has 0 atom stereocenters. The summed E-state index contributed by atoms with van der Waals surface area (Å²) in [5.41, 5.74) is 2.69. The molecule has 5 aromatic rings. The van der Waals surface area contributed by atoms with Crippen LogP contribution in [-0.2, 0) is 6.54 Å². The molecule has 0 bridgehead atoms. The fourth-order valence-electron chi connectivity index (χ4n) is 3.64. The van der Waals surface area contributed by atoms with Crippen molar-refractivity contribution in [1.29, 1.82) is 0 Å². The van der Waals surface area contributed by atoms with Gasteiger partial charge in [-0.3, -0.25) is 0 Å². The second kappa shape index (κ2) is 8.03. The molecule has 3 heterocycles. The molecule has 0 amide bonds. The summed E-state index contributed by atoms with van der Waals surface area (Å²) in [4.78, 5) is 16.6. The van der Waals surface area contributed by atoms with Gasteiger partial charge < -0.3 is 14.3 Å². The Kier molecular flexibility index (Phi) is 4.91. The summed E-state index contributed by atoms with van der Waals surface area (Å²) >= 11 is 0.